The zero-order chi connectivity index (χ0) is 13.8. The fourth-order valence-corrected chi connectivity index (χ4v) is 2.80. The van der Waals surface area contributed by atoms with Gasteiger partial charge in [-0.15, -0.1) is 0 Å². The SMILES string of the molecule is CCC1CCC(O)C(CN(CC)CC(F)(F)F)C1. The number of alkyl halides is 3. The van der Waals surface area contributed by atoms with Crippen molar-refractivity contribution in [1.82, 2.24) is 4.90 Å². The van der Waals surface area contributed by atoms with Gasteiger partial charge in [-0.25, -0.2) is 0 Å². The Morgan fingerprint density at radius 3 is 2.39 bits per heavy atom. The van der Waals surface area contributed by atoms with Gasteiger partial charge in [0.05, 0.1) is 12.6 Å². The molecule has 1 fully saturated rings. The summed E-state index contributed by atoms with van der Waals surface area (Å²) in [6.45, 7) is 3.70. The van der Waals surface area contributed by atoms with Crippen LogP contribution in [0.1, 0.15) is 39.5 Å². The molecule has 0 heterocycles. The van der Waals surface area contributed by atoms with Crippen molar-refractivity contribution >= 4 is 0 Å². The zero-order valence-corrected chi connectivity index (χ0v) is 11.2. The monoisotopic (exact) mass is 267 g/mol. The van der Waals surface area contributed by atoms with Crippen LogP contribution < -0.4 is 0 Å². The van der Waals surface area contributed by atoms with Crippen molar-refractivity contribution in [3.05, 3.63) is 0 Å². The average molecular weight is 267 g/mol. The van der Waals surface area contributed by atoms with Gasteiger partial charge >= 0.3 is 6.18 Å². The van der Waals surface area contributed by atoms with Gasteiger partial charge in [-0.05, 0) is 37.6 Å². The second-order valence-electron chi connectivity index (χ2n) is 5.36. The van der Waals surface area contributed by atoms with Gasteiger partial charge in [0.25, 0.3) is 0 Å². The van der Waals surface area contributed by atoms with Crippen LogP contribution in [0.2, 0.25) is 0 Å². The molecule has 5 heteroatoms. The molecule has 0 saturated heterocycles. The minimum Gasteiger partial charge on any atom is -0.393 e. The fraction of sp³-hybridized carbons (Fsp3) is 1.00. The molecule has 2 nitrogen and oxygen atoms in total. The largest absolute Gasteiger partial charge is 0.401 e. The molecule has 0 radical (unpaired) electrons. The summed E-state index contributed by atoms with van der Waals surface area (Å²) < 4.78 is 37.1. The molecule has 18 heavy (non-hydrogen) atoms. The van der Waals surface area contributed by atoms with Gasteiger partial charge in [-0.2, -0.15) is 13.2 Å². The van der Waals surface area contributed by atoms with E-state index in [1.807, 2.05) is 0 Å². The van der Waals surface area contributed by atoms with Gasteiger partial charge < -0.3 is 5.11 Å². The summed E-state index contributed by atoms with van der Waals surface area (Å²) in [6.07, 6.45) is -0.956. The van der Waals surface area contributed by atoms with E-state index in [2.05, 4.69) is 6.92 Å². The molecule has 0 aromatic heterocycles. The first-order chi connectivity index (χ1) is 8.35. The van der Waals surface area contributed by atoms with Crippen LogP contribution in [0, 0.1) is 11.8 Å². The Labute approximate surface area is 107 Å². The Kier molecular flexibility index (Phi) is 5.92. The third kappa shape index (κ3) is 5.14. The normalized spacial score (nSPS) is 29.8. The molecule has 0 aromatic rings. The molecule has 0 bridgehead atoms. The van der Waals surface area contributed by atoms with E-state index in [1.165, 1.54) is 4.90 Å². The van der Waals surface area contributed by atoms with E-state index in [0.717, 1.165) is 25.7 Å². The van der Waals surface area contributed by atoms with Crippen LogP contribution in [0.5, 0.6) is 0 Å². The highest BCUT2D eigenvalue weighted by molar-refractivity contribution is 4.82. The van der Waals surface area contributed by atoms with E-state index >= 15 is 0 Å². The third-order valence-corrected chi connectivity index (χ3v) is 3.97. The van der Waals surface area contributed by atoms with E-state index < -0.39 is 18.8 Å². The Bertz CT molecular complexity index is 245. The number of halogens is 3. The summed E-state index contributed by atoms with van der Waals surface area (Å²) in [7, 11) is 0. The first-order valence-corrected chi connectivity index (χ1v) is 6.82. The van der Waals surface area contributed by atoms with Gasteiger partial charge in [0.1, 0.15) is 0 Å². The maximum Gasteiger partial charge on any atom is 0.401 e. The molecule has 1 aliphatic rings. The van der Waals surface area contributed by atoms with E-state index in [9.17, 15) is 18.3 Å². The van der Waals surface area contributed by atoms with Crippen molar-refractivity contribution in [3.8, 4) is 0 Å². The topological polar surface area (TPSA) is 23.5 Å². The van der Waals surface area contributed by atoms with Crippen LogP contribution in [0.15, 0.2) is 0 Å². The summed E-state index contributed by atoms with van der Waals surface area (Å²) in [6, 6.07) is 0. The smallest absolute Gasteiger partial charge is 0.393 e. The molecule has 1 aliphatic carbocycles. The quantitative estimate of drug-likeness (QED) is 0.827. The Morgan fingerprint density at radius 1 is 1.22 bits per heavy atom. The molecule has 1 rings (SSSR count). The summed E-state index contributed by atoms with van der Waals surface area (Å²) in [5.74, 6) is 0.550. The predicted molar refractivity (Wildman–Crippen MR) is 65.3 cm³/mol. The predicted octanol–water partition coefficient (Wildman–Crippen LogP) is 3.06. The summed E-state index contributed by atoms with van der Waals surface area (Å²) in [5, 5.41) is 9.92. The van der Waals surface area contributed by atoms with E-state index in [1.54, 1.807) is 6.92 Å². The van der Waals surface area contributed by atoms with Crippen LogP contribution in [0.4, 0.5) is 13.2 Å². The second-order valence-corrected chi connectivity index (χ2v) is 5.36. The molecule has 108 valence electrons. The number of hydrogen-bond acceptors (Lipinski definition) is 2. The van der Waals surface area contributed by atoms with Gasteiger partial charge in [-0.3, -0.25) is 4.90 Å². The lowest BCUT2D eigenvalue weighted by molar-refractivity contribution is -0.148. The first kappa shape index (κ1) is 15.8. The zero-order valence-electron chi connectivity index (χ0n) is 11.2. The Morgan fingerprint density at radius 2 is 1.89 bits per heavy atom. The van der Waals surface area contributed by atoms with Crippen molar-refractivity contribution in [2.75, 3.05) is 19.6 Å². The Hall–Kier alpha value is -0.290. The lowest BCUT2D eigenvalue weighted by Crippen LogP contribution is -2.42. The highest BCUT2D eigenvalue weighted by Crippen LogP contribution is 2.32. The maximum atomic E-state index is 12.4. The van der Waals surface area contributed by atoms with Crippen LogP contribution in [-0.2, 0) is 0 Å². The fourth-order valence-electron chi connectivity index (χ4n) is 2.80. The number of aliphatic hydroxyl groups is 1. The molecule has 3 unspecified atom stereocenters. The number of rotatable bonds is 5. The lowest BCUT2D eigenvalue weighted by Gasteiger charge is -2.36. The van der Waals surface area contributed by atoms with E-state index in [0.29, 0.717) is 19.0 Å². The number of nitrogens with zero attached hydrogens (tertiary/aromatic N) is 1. The minimum atomic E-state index is -4.15. The maximum absolute atomic E-state index is 12.4. The number of hydrogen-bond donors (Lipinski definition) is 1. The van der Waals surface area contributed by atoms with Crippen molar-refractivity contribution < 1.29 is 18.3 Å². The third-order valence-electron chi connectivity index (χ3n) is 3.97. The van der Waals surface area contributed by atoms with Crippen LogP contribution >= 0.6 is 0 Å². The van der Waals surface area contributed by atoms with E-state index in [-0.39, 0.29) is 5.92 Å². The number of aliphatic hydroxyl groups excluding tert-OH is 1. The minimum absolute atomic E-state index is 0.00833. The highest BCUT2D eigenvalue weighted by atomic mass is 19.4. The van der Waals surface area contributed by atoms with Crippen molar-refractivity contribution in [1.29, 1.82) is 0 Å². The van der Waals surface area contributed by atoms with Gasteiger partial charge in [0.15, 0.2) is 0 Å². The highest BCUT2D eigenvalue weighted by Gasteiger charge is 2.34. The Balaban J connectivity index is 2.51. The van der Waals surface area contributed by atoms with Crippen molar-refractivity contribution in [2.24, 2.45) is 11.8 Å². The molecule has 0 aromatic carbocycles. The van der Waals surface area contributed by atoms with Gasteiger partial charge in [0.2, 0.25) is 0 Å². The average Bonchev–Trinajstić information content (AvgIpc) is 2.29. The molecular weight excluding hydrogens is 243 g/mol. The summed E-state index contributed by atoms with van der Waals surface area (Å²) in [5.41, 5.74) is 0. The lowest BCUT2D eigenvalue weighted by atomic mass is 9.78. The summed E-state index contributed by atoms with van der Waals surface area (Å²) >= 11 is 0. The molecule has 0 amide bonds. The van der Waals surface area contributed by atoms with Crippen molar-refractivity contribution in [2.45, 2.75) is 51.8 Å². The second kappa shape index (κ2) is 6.75. The van der Waals surface area contributed by atoms with Crippen LogP contribution in [0.25, 0.3) is 0 Å². The van der Waals surface area contributed by atoms with Crippen LogP contribution in [0.3, 0.4) is 0 Å². The van der Waals surface area contributed by atoms with Crippen LogP contribution in [-0.4, -0.2) is 41.9 Å². The van der Waals surface area contributed by atoms with Gasteiger partial charge in [0, 0.05) is 6.54 Å². The molecular formula is C13H24F3NO. The first-order valence-electron chi connectivity index (χ1n) is 6.82. The van der Waals surface area contributed by atoms with Gasteiger partial charge in [-0.1, -0.05) is 20.3 Å². The molecule has 3 atom stereocenters. The molecule has 1 saturated carbocycles. The van der Waals surface area contributed by atoms with Crippen molar-refractivity contribution in [3.63, 3.8) is 0 Å². The summed E-state index contributed by atoms with van der Waals surface area (Å²) in [4.78, 5) is 1.39. The molecule has 1 N–H and O–H groups in total. The molecule has 0 spiro atoms. The van der Waals surface area contributed by atoms with E-state index in [4.69, 9.17) is 0 Å². The standard InChI is InChI=1S/C13H24F3NO/c1-3-10-5-6-12(18)11(7-10)8-17(4-2)9-13(14,15)16/h10-12,18H,3-9H2,1-2H3. The molecule has 0 aliphatic heterocycles.